The zero-order valence-corrected chi connectivity index (χ0v) is 8.68. The average Bonchev–Trinajstić information content (AvgIpc) is 2.32. The molecule has 86 valence electrons. The van der Waals surface area contributed by atoms with Crippen LogP contribution in [0.3, 0.4) is 0 Å². The van der Waals surface area contributed by atoms with Crippen LogP contribution in [0.4, 0.5) is 11.4 Å². The lowest BCUT2D eigenvalue weighted by molar-refractivity contribution is 0.0698. The molecule has 0 spiro atoms. The monoisotopic (exact) mass is 231 g/mol. The smallest absolute Gasteiger partial charge is 0.345 e. The van der Waals surface area contributed by atoms with Crippen molar-refractivity contribution in [3.05, 3.63) is 52.7 Å². The van der Waals surface area contributed by atoms with Crippen molar-refractivity contribution >= 4 is 17.3 Å². The highest BCUT2D eigenvalue weighted by Crippen LogP contribution is 2.19. The van der Waals surface area contributed by atoms with E-state index in [-0.39, 0.29) is 5.56 Å². The van der Waals surface area contributed by atoms with Crippen LogP contribution >= 0.6 is 0 Å². The highest BCUT2D eigenvalue weighted by Gasteiger charge is 2.08. The Kier molecular flexibility index (Phi) is 2.87. The minimum absolute atomic E-state index is 0.152. The van der Waals surface area contributed by atoms with Gasteiger partial charge in [0.2, 0.25) is 0 Å². The Morgan fingerprint density at radius 1 is 1.35 bits per heavy atom. The second kappa shape index (κ2) is 4.48. The molecule has 6 nitrogen and oxygen atoms in total. The predicted molar refractivity (Wildman–Crippen MR) is 61.5 cm³/mol. The molecule has 0 saturated carbocycles. The van der Waals surface area contributed by atoms with Crippen molar-refractivity contribution in [2.45, 2.75) is 0 Å². The van der Waals surface area contributed by atoms with E-state index >= 15 is 0 Å². The van der Waals surface area contributed by atoms with Crippen molar-refractivity contribution in [1.82, 2.24) is 9.97 Å². The van der Waals surface area contributed by atoms with Crippen LogP contribution in [0, 0.1) is 0 Å². The summed E-state index contributed by atoms with van der Waals surface area (Å²) in [5.41, 5.74) is 0.646. The molecule has 3 N–H and O–H groups in total. The van der Waals surface area contributed by atoms with Gasteiger partial charge in [-0.25, -0.2) is 9.59 Å². The van der Waals surface area contributed by atoms with Crippen LogP contribution in [-0.2, 0) is 0 Å². The van der Waals surface area contributed by atoms with Gasteiger partial charge in [-0.3, -0.25) is 0 Å². The number of anilines is 2. The number of hydrogen-bond donors (Lipinski definition) is 3. The molecule has 0 saturated heterocycles. The number of aromatic carboxylic acids is 1. The molecule has 0 aliphatic heterocycles. The third-order valence-corrected chi connectivity index (χ3v) is 2.11. The number of nitrogens with one attached hydrogen (secondary N) is 2. The predicted octanol–water partition coefficient (Wildman–Crippen LogP) is 1.21. The summed E-state index contributed by atoms with van der Waals surface area (Å²) in [7, 11) is 0. The van der Waals surface area contributed by atoms with E-state index in [0.29, 0.717) is 11.4 Å². The van der Waals surface area contributed by atoms with Gasteiger partial charge in [-0.05, 0) is 12.1 Å². The Bertz CT molecular complexity index is 586. The van der Waals surface area contributed by atoms with Gasteiger partial charge in [0.15, 0.2) is 0 Å². The Balaban J connectivity index is 2.33. The molecule has 0 aliphatic rings. The maximum absolute atomic E-state index is 11.0. The van der Waals surface area contributed by atoms with Crippen LogP contribution in [0.5, 0.6) is 0 Å². The third-order valence-electron chi connectivity index (χ3n) is 2.11. The maximum atomic E-state index is 11.0. The number of H-pyrrole nitrogens is 1. The summed E-state index contributed by atoms with van der Waals surface area (Å²) in [6.07, 6.45) is 2.76. The van der Waals surface area contributed by atoms with E-state index in [2.05, 4.69) is 15.3 Å². The van der Waals surface area contributed by atoms with Crippen LogP contribution in [-0.4, -0.2) is 21.0 Å². The SMILES string of the molecule is O=C(O)c1ccccc1Nc1cnc(=O)[nH]c1. The topological polar surface area (TPSA) is 95.1 Å². The van der Waals surface area contributed by atoms with Crippen LogP contribution in [0.25, 0.3) is 0 Å². The molecule has 2 rings (SSSR count). The van der Waals surface area contributed by atoms with Crippen LogP contribution in [0.2, 0.25) is 0 Å². The zero-order chi connectivity index (χ0) is 12.3. The van der Waals surface area contributed by atoms with Gasteiger partial charge in [0.05, 0.1) is 23.1 Å². The van der Waals surface area contributed by atoms with E-state index in [1.165, 1.54) is 18.5 Å². The van der Waals surface area contributed by atoms with Gasteiger partial charge in [0.25, 0.3) is 0 Å². The number of hydrogen-bond acceptors (Lipinski definition) is 4. The standard InChI is InChI=1S/C11H9N3O3/c15-10(16)8-3-1-2-4-9(8)14-7-5-12-11(17)13-6-7/h1-6,14H,(H,15,16)(H,12,13,17). The van der Waals surface area contributed by atoms with Crippen molar-refractivity contribution < 1.29 is 9.90 Å². The number of benzene rings is 1. The van der Waals surface area contributed by atoms with Gasteiger partial charge in [-0.2, -0.15) is 4.98 Å². The van der Waals surface area contributed by atoms with Gasteiger partial charge in [0, 0.05) is 6.20 Å². The molecule has 17 heavy (non-hydrogen) atoms. The lowest BCUT2D eigenvalue weighted by Crippen LogP contribution is -2.09. The molecule has 1 heterocycles. The molecule has 1 aromatic carbocycles. The number of nitrogens with zero attached hydrogens (tertiary/aromatic N) is 1. The largest absolute Gasteiger partial charge is 0.478 e. The van der Waals surface area contributed by atoms with Gasteiger partial charge < -0.3 is 15.4 Å². The summed E-state index contributed by atoms with van der Waals surface area (Å²) in [4.78, 5) is 27.6. The van der Waals surface area contributed by atoms with E-state index in [1.54, 1.807) is 18.2 Å². The molecule has 6 heteroatoms. The number of rotatable bonds is 3. The van der Waals surface area contributed by atoms with Crippen LogP contribution < -0.4 is 11.0 Å². The first-order valence-electron chi connectivity index (χ1n) is 4.81. The Morgan fingerprint density at radius 2 is 2.12 bits per heavy atom. The molecule has 2 aromatic rings. The Labute approximate surface area is 96.0 Å². The van der Waals surface area contributed by atoms with E-state index in [1.807, 2.05) is 0 Å². The first-order valence-corrected chi connectivity index (χ1v) is 4.81. The normalized spacial score (nSPS) is 9.88. The van der Waals surface area contributed by atoms with Crippen molar-refractivity contribution in [2.24, 2.45) is 0 Å². The Morgan fingerprint density at radius 3 is 2.76 bits per heavy atom. The van der Waals surface area contributed by atoms with E-state index in [0.717, 1.165) is 0 Å². The highest BCUT2D eigenvalue weighted by atomic mass is 16.4. The summed E-state index contributed by atoms with van der Waals surface area (Å²) in [5.74, 6) is -1.02. The average molecular weight is 231 g/mol. The molecule has 1 aromatic heterocycles. The van der Waals surface area contributed by atoms with Gasteiger partial charge in [0.1, 0.15) is 0 Å². The summed E-state index contributed by atoms with van der Waals surface area (Å²) in [6, 6.07) is 6.48. The van der Waals surface area contributed by atoms with E-state index in [9.17, 15) is 9.59 Å². The number of carboxylic acid groups (broad SMARTS) is 1. The molecule has 0 amide bonds. The number of aromatic nitrogens is 2. The second-order valence-electron chi connectivity index (χ2n) is 3.28. The summed E-state index contributed by atoms with van der Waals surface area (Å²) < 4.78 is 0. The zero-order valence-electron chi connectivity index (χ0n) is 8.68. The number of carboxylic acids is 1. The lowest BCUT2D eigenvalue weighted by Gasteiger charge is -2.08. The third kappa shape index (κ3) is 2.49. The van der Waals surface area contributed by atoms with E-state index < -0.39 is 11.7 Å². The fourth-order valence-corrected chi connectivity index (χ4v) is 1.34. The summed E-state index contributed by atoms with van der Waals surface area (Å²) in [5, 5.41) is 11.8. The first-order chi connectivity index (χ1) is 8.16. The fourth-order valence-electron chi connectivity index (χ4n) is 1.34. The molecule has 0 bridgehead atoms. The number of aromatic amines is 1. The highest BCUT2D eigenvalue weighted by molar-refractivity contribution is 5.95. The number of para-hydroxylation sites is 1. The molecule has 0 atom stereocenters. The van der Waals surface area contributed by atoms with Gasteiger partial charge in [-0.1, -0.05) is 12.1 Å². The molecular formula is C11H9N3O3. The summed E-state index contributed by atoms with van der Waals surface area (Å²) in [6.45, 7) is 0. The van der Waals surface area contributed by atoms with Gasteiger partial charge >= 0.3 is 11.7 Å². The quantitative estimate of drug-likeness (QED) is 0.738. The van der Waals surface area contributed by atoms with Crippen molar-refractivity contribution in [3.63, 3.8) is 0 Å². The maximum Gasteiger partial charge on any atom is 0.345 e. The number of carbonyl (C=O) groups is 1. The molecule has 0 aliphatic carbocycles. The van der Waals surface area contributed by atoms with Crippen molar-refractivity contribution in [1.29, 1.82) is 0 Å². The van der Waals surface area contributed by atoms with Crippen LogP contribution in [0.15, 0.2) is 41.5 Å². The molecular weight excluding hydrogens is 222 g/mol. The lowest BCUT2D eigenvalue weighted by atomic mass is 10.2. The van der Waals surface area contributed by atoms with Crippen molar-refractivity contribution in [2.75, 3.05) is 5.32 Å². The second-order valence-corrected chi connectivity index (χ2v) is 3.28. The Hall–Kier alpha value is -2.63. The fraction of sp³-hybridized carbons (Fsp3) is 0. The minimum atomic E-state index is -1.02. The molecule has 0 unspecified atom stereocenters. The first kappa shape index (κ1) is 10.9. The van der Waals surface area contributed by atoms with Crippen LogP contribution in [0.1, 0.15) is 10.4 Å². The minimum Gasteiger partial charge on any atom is -0.478 e. The van der Waals surface area contributed by atoms with Crippen molar-refractivity contribution in [3.8, 4) is 0 Å². The molecule has 0 fully saturated rings. The molecule has 0 radical (unpaired) electrons. The van der Waals surface area contributed by atoms with E-state index in [4.69, 9.17) is 5.11 Å². The van der Waals surface area contributed by atoms with Gasteiger partial charge in [-0.15, -0.1) is 0 Å². The summed E-state index contributed by atoms with van der Waals surface area (Å²) >= 11 is 0.